The number of hydrogen-bond acceptors (Lipinski definition) is 2. The van der Waals surface area contributed by atoms with Crippen LogP contribution in [0.5, 0.6) is 0 Å². The first-order valence-electron chi connectivity index (χ1n) is 6.27. The number of nitrogens with zero attached hydrogens (tertiary/aromatic N) is 1. The van der Waals surface area contributed by atoms with Gasteiger partial charge in [0.25, 0.3) is 0 Å². The minimum absolute atomic E-state index is 0.0904. The van der Waals surface area contributed by atoms with Crippen LogP contribution in [0.3, 0.4) is 0 Å². The van der Waals surface area contributed by atoms with E-state index in [1.807, 2.05) is 13.8 Å². The molecule has 0 aromatic carbocycles. The number of carbonyl (C=O) groups is 1. The second-order valence-electron chi connectivity index (χ2n) is 5.58. The summed E-state index contributed by atoms with van der Waals surface area (Å²) in [6.45, 7) is 4.38. The maximum atomic E-state index is 12.4. The number of carbonyl (C=O) groups excluding carboxylic acids is 1. The van der Waals surface area contributed by atoms with Crippen LogP contribution in [0.4, 0.5) is 13.2 Å². The number of alkyl halides is 3. The van der Waals surface area contributed by atoms with Gasteiger partial charge in [0.1, 0.15) is 0 Å². The number of likely N-dealkylation sites (tertiary alicyclic amines) is 1. The van der Waals surface area contributed by atoms with Gasteiger partial charge in [0.15, 0.2) is 0 Å². The summed E-state index contributed by atoms with van der Waals surface area (Å²) < 4.78 is 37.1. The zero-order chi connectivity index (χ0) is 13.9. The molecule has 0 aliphatic carbocycles. The van der Waals surface area contributed by atoms with Crippen molar-refractivity contribution >= 4 is 5.91 Å². The zero-order valence-electron chi connectivity index (χ0n) is 10.8. The van der Waals surface area contributed by atoms with Gasteiger partial charge in [-0.1, -0.05) is 13.8 Å². The summed E-state index contributed by atoms with van der Waals surface area (Å²) in [5.74, 6) is -0.450. The van der Waals surface area contributed by atoms with E-state index in [1.54, 1.807) is 0 Å². The highest BCUT2D eigenvalue weighted by atomic mass is 19.4. The van der Waals surface area contributed by atoms with E-state index in [0.29, 0.717) is 19.4 Å². The summed E-state index contributed by atoms with van der Waals surface area (Å²) >= 11 is 0. The van der Waals surface area contributed by atoms with Crippen LogP contribution < -0.4 is 5.73 Å². The van der Waals surface area contributed by atoms with Gasteiger partial charge in [0.2, 0.25) is 5.91 Å². The fourth-order valence-corrected chi connectivity index (χ4v) is 2.40. The Kier molecular flexibility index (Phi) is 5.01. The summed E-state index contributed by atoms with van der Waals surface area (Å²) in [6.07, 6.45) is -4.34. The molecular formula is C12H21F3N2O. The molecule has 2 atom stereocenters. The Morgan fingerprint density at radius 2 is 2.00 bits per heavy atom. The number of hydrogen-bond donors (Lipinski definition) is 1. The van der Waals surface area contributed by atoms with Crippen LogP contribution in [0.15, 0.2) is 0 Å². The summed E-state index contributed by atoms with van der Waals surface area (Å²) in [5, 5.41) is 0. The third kappa shape index (κ3) is 5.25. The standard InChI is InChI=1S/C12H21F3N2O/c1-8(2)3-11(18)17-6-9(4-10(16)7-17)5-12(13,14)15/h8-10H,3-7,16H2,1-2H3. The van der Waals surface area contributed by atoms with Crippen LogP contribution in [-0.2, 0) is 4.79 Å². The third-order valence-electron chi connectivity index (χ3n) is 3.03. The molecular weight excluding hydrogens is 245 g/mol. The molecule has 2 unspecified atom stereocenters. The lowest BCUT2D eigenvalue weighted by atomic mass is 9.91. The number of nitrogens with two attached hydrogens (primary N) is 1. The monoisotopic (exact) mass is 266 g/mol. The molecule has 0 aromatic rings. The lowest BCUT2D eigenvalue weighted by Crippen LogP contribution is -2.50. The molecule has 0 bridgehead atoms. The molecule has 18 heavy (non-hydrogen) atoms. The zero-order valence-corrected chi connectivity index (χ0v) is 10.8. The van der Waals surface area contributed by atoms with Crippen molar-refractivity contribution in [3.63, 3.8) is 0 Å². The topological polar surface area (TPSA) is 46.3 Å². The van der Waals surface area contributed by atoms with Crippen molar-refractivity contribution in [3.05, 3.63) is 0 Å². The molecule has 1 rings (SSSR count). The molecule has 0 saturated carbocycles. The third-order valence-corrected chi connectivity index (χ3v) is 3.03. The Hall–Kier alpha value is -0.780. The van der Waals surface area contributed by atoms with Crippen LogP contribution >= 0.6 is 0 Å². The largest absolute Gasteiger partial charge is 0.389 e. The lowest BCUT2D eigenvalue weighted by molar-refractivity contribution is -0.153. The van der Waals surface area contributed by atoms with Gasteiger partial charge in [-0.2, -0.15) is 13.2 Å². The predicted molar refractivity (Wildman–Crippen MR) is 62.8 cm³/mol. The van der Waals surface area contributed by atoms with Crippen molar-refractivity contribution in [3.8, 4) is 0 Å². The summed E-state index contributed by atoms with van der Waals surface area (Å²) in [6, 6.07) is -0.345. The fourth-order valence-electron chi connectivity index (χ4n) is 2.40. The first-order chi connectivity index (χ1) is 8.17. The molecule has 1 aliphatic rings. The molecule has 1 fully saturated rings. The Bertz CT molecular complexity index is 292. The second kappa shape index (κ2) is 5.91. The SMILES string of the molecule is CC(C)CC(=O)N1CC(N)CC(CC(F)(F)F)C1. The summed E-state index contributed by atoms with van der Waals surface area (Å²) in [7, 11) is 0. The minimum atomic E-state index is -4.19. The molecule has 0 radical (unpaired) electrons. The smallest absolute Gasteiger partial charge is 0.341 e. The van der Waals surface area contributed by atoms with Gasteiger partial charge in [-0.15, -0.1) is 0 Å². The van der Waals surface area contributed by atoms with Crippen LogP contribution in [0.2, 0.25) is 0 Å². The Labute approximate surface area is 106 Å². The van der Waals surface area contributed by atoms with Crippen LogP contribution in [0.1, 0.15) is 33.1 Å². The highest BCUT2D eigenvalue weighted by Crippen LogP contribution is 2.30. The van der Waals surface area contributed by atoms with Crippen LogP contribution in [0, 0.1) is 11.8 Å². The van der Waals surface area contributed by atoms with Crippen molar-refractivity contribution in [2.75, 3.05) is 13.1 Å². The second-order valence-corrected chi connectivity index (χ2v) is 5.58. The normalized spacial score (nSPS) is 25.6. The highest BCUT2D eigenvalue weighted by molar-refractivity contribution is 5.76. The maximum absolute atomic E-state index is 12.4. The van der Waals surface area contributed by atoms with Gasteiger partial charge in [0, 0.05) is 32.0 Å². The van der Waals surface area contributed by atoms with Crippen molar-refractivity contribution in [2.45, 2.75) is 45.3 Å². The molecule has 2 N–H and O–H groups in total. The quantitative estimate of drug-likeness (QED) is 0.851. The van der Waals surface area contributed by atoms with Crippen molar-refractivity contribution in [1.82, 2.24) is 4.90 Å². The van der Waals surface area contributed by atoms with E-state index in [-0.39, 0.29) is 24.4 Å². The Balaban J connectivity index is 2.58. The van der Waals surface area contributed by atoms with Gasteiger partial charge in [-0.05, 0) is 18.3 Å². The Morgan fingerprint density at radius 1 is 1.39 bits per heavy atom. The lowest BCUT2D eigenvalue weighted by Gasteiger charge is -2.37. The van der Waals surface area contributed by atoms with Gasteiger partial charge in [0.05, 0.1) is 0 Å². The molecule has 106 valence electrons. The van der Waals surface area contributed by atoms with E-state index >= 15 is 0 Å². The van der Waals surface area contributed by atoms with Crippen molar-refractivity contribution < 1.29 is 18.0 Å². The van der Waals surface area contributed by atoms with Crippen LogP contribution in [0.25, 0.3) is 0 Å². The molecule has 0 spiro atoms. The molecule has 0 aromatic heterocycles. The number of halogens is 3. The van der Waals surface area contributed by atoms with E-state index in [4.69, 9.17) is 5.73 Å². The highest BCUT2D eigenvalue weighted by Gasteiger charge is 2.36. The van der Waals surface area contributed by atoms with E-state index in [0.717, 1.165) is 0 Å². The minimum Gasteiger partial charge on any atom is -0.341 e. The van der Waals surface area contributed by atoms with E-state index < -0.39 is 18.5 Å². The first-order valence-corrected chi connectivity index (χ1v) is 6.27. The van der Waals surface area contributed by atoms with E-state index in [1.165, 1.54) is 4.90 Å². The molecule has 1 heterocycles. The molecule has 3 nitrogen and oxygen atoms in total. The van der Waals surface area contributed by atoms with Crippen molar-refractivity contribution in [1.29, 1.82) is 0 Å². The van der Waals surface area contributed by atoms with Crippen molar-refractivity contribution in [2.24, 2.45) is 17.6 Å². The fraction of sp³-hybridized carbons (Fsp3) is 0.917. The summed E-state index contributed by atoms with van der Waals surface area (Å²) in [5.41, 5.74) is 5.74. The maximum Gasteiger partial charge on any atom is 0.389 e. The van der Waals surface area contributed by atoms with E-state index in [9.17, 15) is 18.0 Å². The predicted octanol–water partition coefficient (Wildman–Crippen LogP) is 2.16. The number of piperidine rings is 1. The Morgan fingerprint density at radius 3 is 2.50 bits per heavy atom. The average Bonchev–Trinajstić information content (AvgIpc) is 2.12. The number of rotatable bonds is 3. The van der Waals surface area contributed by atoms with E-state index in [2.05, 4.69) is 0 Å². The van der Waals surface area contributed by atoms with Gasteiger partial charge in [-0.25, -0.2) is 0 Å². The molecule has 1 amide bonds. The first kappa shape index (κ1) is 15.3. The van der Waals surface area contributed by atoms with Gasteiger partial charge >= 0.3 is 6.18 Å². The number of amides is 1. The molecule has 6 heteroatoms. The average molecular weight is 266 g/mol. The molecule has 1 saturated heterocycles. The van der Waals surface area contributed by atoms with Gasteiger partial charge in [-0.3, -0.25) is 4.79 Å². The van der Waals surface area contributed by atoms with Gasteiger partial charge < -0.3 is 10.6 Å². The molecule has 1 aliphatic heterocycles. The van der Waals surface area contributed by atoms with Crippen LogP contribution in [-0.4, -0.2) is 36.1 Å². The summed E-state index contributed by atoms with van der Waals surface area (Å²) in [4.78, 5) is 13.3.